The van der Waals surface area contributed by atoms with Crippen LogP contribution in [0, 0.1) is 6.92 Å². The summed E-state index contributed by atoms with van der Waals surface area (Å²) in [5, 5.41) is 7.13. The smallest absolute Gasteiger partial charge is 0.256 e. The van der Waals surface area contributed by atoms with Crippen molar-refractivity contribution >= 4 is 32.7 Å². The van der Waals surface area contributed by atoms with Gasteiger partial charge in [-0.05, 0) is 26.8 Å². The first-order valence-electron chi connectivity index (χ1n) is 10.0. The maximum Gasteiger partial charge on any atom is 0.256 e. The molecule has 12 heteroatoms. The molecule has 0 atom stereocenters. The number of anilines is 2. The minimum Gasteiger partial charge on any atom is -0.384 e. The van der Waals surface area contributed by atoms with Crippen LogP contribution in [0.3, 0.4) is 0 Å². The van der Waals surface area contributed by atoms with Crippen molar-refractivity contribution in [2.45, 2.75) is 26.8 Å². The van der Waals surface area contributed by atoms with E-state index in [0.717, 1.165) is 20.9 Å². The molecule has 168 valence electrons. The number of rotatable bonds is 8. The van der Waals surface area contributed by atoms with Crippen LogP contribution < -0.4 is 5.32 Å². The average Bonchev–Trinajstić information content (AvgIpc) is 3.37. The Morgan fingerprint density at radius 3 is 2.72 bits per heavy atom. The van der Waals surface area contributed by atoms with Crippen LogP contribution in [-0.4, -0.2) is 61.6 Å². The first-order valence-corrected chi connectivity index (χ1v) is 11.6. The predicted octanol–water partition coefficient (Wildman–Crippen LogP) is 2.54. The Morgan fingerprint density at radius 1 is 1.16 bits per heavy atom. The molecule has 4 rings (SSSR count). The molecule has 0 radical (unpaired) electrons. The van der Waals surface area contributed by atoms with Gasteiger partial charge >= 0.3 is 0 Å². The van der Waals surface area contributed by atoms with Gasteiger partial charge in [-0.2, -0.15) is 9.19 Å². The van der Waals surface area contributed by atoms with Crippen molar-refractivity contribution in [2.75, 3.05) is 24.8 Å². The highest BCUT2D eigenvalue weighted by Gasteiger charge is 2.17. The van der Waals surface area contributed by atoms with Crippen LogP contribution in [-0.2, 0) is 14.8 Å². The number of methoxy groups -OCH3 is 1. The fourth-order valence-electron chi connectivity index (χ4n) is 3.39. The number of pyridine rings is 1. The first kappa shape index (κ1) is 21.8. The highest BCUT2D eigenvalue weighted by molar-refractivity contribution is 7.89. The lowest BCUT2D eigenvalue weighted by atomic mass is 10.3. The molecule has 11 nitrogen and oxygen atoms in total. The van der Waals surface area contributed by atoms with Crippen molar-refractivity contribution in [2.24, 2.45) is 0 Å². The Hall–Kier alpha value is -3.38. The Morgan fingerprint density at radius 2 is 1.97 bits per heavy atom. The highest BCUT2D eigenvalue weighted by Crippen LogP contribution is 2.24. The molecule has 0 fully saturated rings. The summed E-state index contributed by atoms with van der Waals surface area (Å²) in [5.41, 5.74) is 2.28. The topological polar surface area (TPSA) is 130 Å². The van der Waals surface area contributed by atoms with E-state index in [0.29, 0.717) is 23.0 Å². The Kier molecular flexibility index (Phi) is 5.89. The third-order valence-electron chi connectivity index (χ3n) is 4.83. The maximum atomic E-state index is 12.3. The Bertz CT molecular complexity index is 1360. The van der Waals surface area contributed by atoms with Gasteiger partial charge in [0.1, 0.15) is 23.0 Å². The van der Waals surface area contributed by atoms with E-state index >= 15 is 0 Å². The lowest BCUT2D eigenvalue weighted by molar-refractivity contribution is 0.217. The normalized spacial score (nSPS) is 12.0. The zero-order valence-corrected chi connectivity index (χ0v) is 19.0. The van der Waals surface area contributed by atoms with E-state index in [1.807, 2.05) is 13.0 Å². The van der Waals surface area contributed by atoms with Gasteiger partial charge < -0.3 is 14.6 Å². The van der Waals surface area contributed by atoms with Crippen LogP contribution in [0.1, 0.15) is 25.7 Å². The molecule has 4 heterocycles. The summed E-state index contributed by atoms with van der Waals surface area (Å²) in [4.78, 5) is 17.7. The summed E-state index contributed by atoms with van der Waals surface area (Å²) < 4.78 is 32.5. The second-order valence-corrected chi connectivity index (χ2v) is 9.43. The van der Waals surface area contributed by atoms with Crippen molar-refractivity contribution in [1.29, 1.82) is 0 Å². The van der Waals surface area contributed by atoms with Crippen LogP contribution in [0.15, 0.2) is 36.9 Å². The van der Waals surface area contributed by atoms with E-state index in [2.05, 4.69) is 48.8 Å². The summed E-state index contributed by atoms with van der Waals surface area (Å²) in [6.07, 6.45) is 6.11. The van der Waals surface area contributed by atoms with Crippen molar-refractivity contribution in [3.63, 3.8) is 0 Å². The molecule has 0 bridgehead atoms. The van der Waals surface area contributed by atoms with Crippen molar-refractivity contribution in [3.8, 4) is 11.4 Å². The van der Waals surface area contributed by atoms with Gasteiger partial charge in [0.05, 0.1) is 42.0 Å². The average molecular weight is 457 g/mol. The van der Waals surface area contributed by atoms with Crippen molar-refractivity contribution < 1.29 is 13.2 Å². The third-order valence-corrected chi connectivity index (χ3v) is 6.28. The molecular formula is C20H24N8O3S. The van der Waals surface area contributed by atoms with Crippen LogP contribution in [0.5, 0.6) is 0 Å². The molecule has 0 aliphatic rings. The molecule has 0 saturated heterocycles. The molecular weight excluding hydrogens is 432 g/mol. The van der Waals surface area contributed by atoms with Gasteiger partial charge in [0.2, 0.25) is 0 Å². The van der Waals surface area contributed by atoms with E-state index in [9.17, 15) is 8.42 Å². The number of fused-ring (bicyclic) bond motifs is 1. The van der Waals surface area contributed by atoms with Crippen LogP contribution in [0.2, 0.25) is 0 Å². The summed E-state index contributed by atoms with van der Waals surface area (Å²) >= 11 is 0. The lowest BCUT2D eigenvalue weighted by Gasteiger charge is -2.11. The summed E-state index contributed by atoms with van der Waals surface area (Å²) in [7, 11) is -2.16. The van der Waals surface area contributed by atoms with E-state index in [4.69, 9.17) is 4.74 Å². The molecule has 4 aromatic heterocycles. The Balaban J connectivity index is 1.60. The van der Waals surface area contributed by atoms with Gasteiger partial charge in [-0.25, -0.2) is 28.4 Å². The van der Waals surface area contributed by atoms with E-state index in [-0.39, 0.29) is 18.4 Å². The monoisotopic (exact) mass is 456 g/mol. The lowest BCUT2D eigenvalue weighted by Crippen LogP contribution is -2.19. The molecule has 0 aliphatic heterocycles. The second-order valence-electron chi connectivity index (χ2n) is 7.48. The van der Waals surface area contributed by atoms with Gasteiger partial charge in [0.25, 0.3) is 10.0 Å². The molecule has 0 amide bonds. The SMILES string of the molecule is COCCS(=O)(=O)n1cc(-c2nccc(Nc3cc4c(cn3)nc(C)n4C(C)C)n2)cn1. The van der Waals surface area contributed by atoms with Gasteiger partial charge in [0.15, 0.2) is 5.82 Å². The zero-order valence-electron chi connectivity index (χ0n) is 18.2. The van der Waals surface area contributed by atoms with E-state index in [1.54, 1.807) is 18.5 Å². The molecule has 0 spiro atoms. The van der Waals surface area contributed by atoms with Gasteiger partial charge in [0, 0.05) is 25.4 Å². The molecule has 32 heavy (non-hydrogen) atoms. The molecule has 1 N–H and O–H groups in total. The minimum atomic E-state index is -3.61. The minimum absolute atomic E-state index is 0.0833. The first-order chi connectivity index (χ1) is 15.3. The van der Waals surface area contributed by atoms with Gasteiger partial charge in [-0.3, -0.25) is 0 Å². The number of nitrogens with one attached hydrogen (secondary N) is 1. The molecule has 0 aromatic carbocycles. The number of imidazole rings is 1. The molecule has 0 aliphatic carbocycles. The maximum absolute atomic E-state index is 12.3. The second kappa shape index (κ2) is 8.63. The number of hydrogen-bond donors (Lipinski definition) is 1. The summed E-state index contributed by atoms with van der Waals surface area (Å²) in [6.45, 7) is 6.27. The fraction of sp³-hybridized carbons (Fsp3) is 0.350. The third kappa shape index (κ3) is 4.32. The highest BCUT2D eigenvalue weighted by atomic mass is 32.2. The molecule has 0 saturated carbocycles. The van der Waals surface area contributed by atoms with Crippen LogP contribution in [0.4, 0.5) is 11.6 Å². The van der Waals surface area contributed by atoms with Crippen molar-refractivity contribution in [3.05, 3.63) is 42.7 Å². The number of aromatic nitrogens is 7. The molecule has 4 aromatic rings. The summed E-state index contributed by atoms with van der Waals surface area (Å²) in [5.74, 6) is 2.22. The molecule has 0 unspecified atom stereocenters. The van der Waals surface area contributed by atoms with Crippen LogP contribution in [0.25, 0.3) is 22.4 Å². The van der Waals surface area contributed by atoms with Gasteiger partial charge in [-0.1, -0.05) is 0 Å². The number of ether oxygens (including phenoxy) is 1. The largest absolute Gasteiger partial charge is 0.384 e. The number of hydrogen-bond acceptors (Lipinski definition) is 9. The number of aryl methyl sites for hydroxylation is 1. The van der Waals surface area contributed by atoms with Crippen LogP contribution >= 0.6 is 0 Å². The summed E-state index contributed by atoms with van der Waals surface area (Å²) in [6, 6.07) is 3.90. The van der Waals surface area contributed by atoms with E-state index in [1.165, 1.54) is 19.5 Å². The van der Waals surface area contributed by atoms with E-state index < -0.39 is 10.0 Å². The fourth-order valence-corrected chi connectivity index (χ4v) is 4.42. The van der Waals surface area contributed by atoms with Crippen molar-refractivity contribution in [1.82, 2.24) is 33.7 Å². The Labute approximate surface area is 185 Å². The number of nitrogens with zero attached hydrogens (tertiary/aromatic N) is 7. The predicted molar refractivity (Wildman–Crippen MR) is 120 cm³/mol. The van der Waals surface area contributed by atoms with Gasteiger partial charge in [-0.15, -0.1) is 0 Å². The zero-order chi connectivity index (χ0) is 22.9. The quantitative estimate of drug-likeness (QED) is 0.425. The standard InChI is InChI=1S/C20H24N8O3S/c1-13(2)28-14(3)24-16-11-22-19(9-17(16)28)25-18-5-6-21-20(26-18)15-10-23-27(12-15)32(29,30)8-7-31-4/h5-6,9-13H,7-8H2,1-4H3,(H,21,22,25,26).